The Morgan fingerprint density at radius 1 is 1.81 bits per heavy atom. The molecule has 0 bridgehead atoms. The van der Waals surface area contributed by atoms with Crippen molar-refractivity contribution in [2.45, 2.75) is 25.6 Å². The van der Waals surface area contributed by atoms with Crippen molar-refractivity contribution in [2.24, 2.45) is 4.99 Å². The van der Waals surface area contributed by atoms with Crippen LogP contribution in [-0.2, 0) is 4.74 Å². The van der Waals surface area contributed by atoms with Gasteiger partial charge in [0.25, 0.3) is 0 Å². The van der Waals surface area contributed by atoms with Gasteiger partial charge in [-0.05, 0) is 13.8 Å². The molecule has 1 N–H and O–H groups in total. The van der Waals surface area contributed by atoms with E-state index >= 15 is 0 Å². The second-order valence-electron chi connectivity index (χ2n) is 3.74. The second-order valence-corrected chi connectivity index (χ2v) is 3.74. The van der Waals surface area contributed by atoms with Gasteiger partial charge in [0.05, 0.1) is 5.54 Å². The number of hydrogen-bond donors (Lipinski definition) is 1. The predicted octanol–water partition coefficient (Wildman–Crippen LogP) is 1.87. The number of hydrogen-bond acceptors (Lipinski definition) is 3. The maximum Gasteiger partial charge on any atom is 0.308 e. The Morgan fingerprint density at radius 3 is 2.81 bits per heavy atom. The standard InChI is InChI=1S/C10H16FN3O.CH4/c1-4-10(7-15-9(12)13-2)5-8(11)6-14(10)3;/h4,8,12H,1-2,5-7H2,3H3;1H4/t8-,10+;/m1./s1. The van der Waals surface area contributed by atoms with Gasteiger partial charge in [-0.1, -0.05) is 13.5 Å². The Hall–Kier alpha value is -1.23. The van der Waals surface area contributed by atoms with Crippen LogP contribution in [0, 0.1) is 5.41 Å². The lowest BCUT2D eigenvalue weighted by atomic mass is 9.97. The van der Waals surface area contributed by atoms with Crippen LogP contribution < -0.4 is 0 Å². The third-order valence-corrected chi connectivity index (χ3v) is 2.79. The first-order chi connectivity index (χ1) is 7.04. The van der Waals surface area contributed by atoms with Crippen molar-refractivity contribution in [1.82, 2.24) is 4.90 Å². The highest BCUT2D eigenvalue weighted by Crippen LogP contribution is 2.31. The minimum Gasteiger partial charge on any atom is -0.462 e. The molecule has 0 amide bonds. The molecule has 0 aromatic rings. The monoisotopic (exact) mass is 229 g/mol. The molecule has 92 valence electrons. The lowest BCUT2D eigenvalue weighted by Gasteiger charge is -2.31. The molecule has 16 heavy (non-hydrogen) atoms. The fraction of sp³-hybridized carbons (Fsp3) is 0.636. The van der Waals surface area contributed by atoms with E-state index in [1.165, 1.54) is 0 Å². The summed E-state index contributed by atoms with van der Waals surface area (Å²) in [7, 11) is 1.82. The SMILES string of the molecule is C.C=C[C@@]1(COC(=N)N=C)C[C@@H](F)CN1C. The highest BCUT2D eigenvalue weighted by molar-refractivity contribution is 5.75. The second kappa shape index (κ2) is 5.75. The number of nitrogens with one attached hydrogen (secondary N) is 1. The zero-order chi connectivity index (χ0) is 11.5. The molecule has 1 aliphatic rings. The van der Waals surface area contributed by atoms with Gasteiger partial charge in [-0.15, -0.1) is 6.58 Å². The summed E-state index contributed by atoms with van der Waals surface area (Å²) >= 11 is 0. The van der Waals surface area contributed by atoms with Crippen molar-refractivity contribution < 1.29 is 9.13 Å². The van der Waals surface area contributed by atoms with Gasteiger partial charge in [-0.3, -0.25) is 4.90 Å². The molecule has 0 aromatic heterocycles. The molecule has 4 nitrogen and oxygen atoms in total. The summed E-state index contributed by atoms with van der Waals surface area (Å²) in [5, 5.41) is 7.18. The van der Waals surface area contributed by atoms with Crippen molar-refractivity contribution in [3.63, 3.8) is 0 Å². The van der Waals surface area contributed by atoms with Crippen molar-refractivity contribution in [1.29, 1.82) is 5.41 Å². The zero-order valence-electron chi connectivity index (χ0n) is 8.87. The van der Waals surface area contributed by atoms with Crippen LogP contribution in [-0.4, -0.2) is 49.5 Å². The summed E-state index contributed by atoms with van der Waals surface area (Å²) < 4.78 is 18.3. The highest BCUT2D eigenvalue weighted by atomic mass is 19.1. The lowest BCUT2D eigenvalue weighted by molar-refractivity contribution is 0.129. The predicted molar refractivity (Wildman–Crippen MR) is 65.0 cm³/mol. The number of nitrogens with zero attached hydrogens (tertiary/aromatic N) is 2. The Balaban J connectivity index is 0.00000225. The van der Waals surface area contributed by atoms with E-state index in [0.29, 0.717) is 13.0 Å². The number of likely N-dealkylation sites (tertiary alicyclic amines) is 1. The Kier molecular flexibility index (Phi) is 5.30. The Bertz CT molecular complexity index is 282. The van der Waals surface area contributed by atoms with Crippen LogP contribution in [0.15, 0.2) is 17.6 Å². The fourth-order valence-electron chi connectivity index (χ4n) is 1.79. The third-order valence-electron chi connectivity index (χ3n) is 2.79. The van der Waals surface area contributed by atoms with Gasteiger partial charge >= 0.3 is 6.02 Å². The molecule has 0 spiro atoms. The van der Waals surface area contributed by atoms with Crippen molar-refractivity contribution in [2.75, 3.05) is 20.2 Å². The first kappa shape index (κ1) is 14.8. The summed E-state index contributed by atoms with van der Waals surface area (Å²) in [4.78, 5) is 5.17. The summed E-state index contributed by atoms with van der Waals surface area (Å²) in [6, 6.07) is -0.244. The third kappa shape index (κ3) is 2.88. The number of aliphatic imine (C=N–C) groups is 1. The smallest absolute Gasteiger partial charge is 0.308 e. The molecule has 0 unspecified atom stereocenters. The van der Waals surface area contributed by atoms with Gasteiger partial charge in [0.1, 0.15) is 12.8 Å². The molecule has 1 aliphatic heterocycles. The first-order valence-electron chi connectivity index (χ1n) is 4.71. The summed E-state index contributed by atoms with van der Waals surface area (Å²) in [5.74, 6) is 0. The van der Waals surface area contributed by atoms with Crippen LogP contribution >= 0.6 is 0 Å². The Labute approximate surface area is 96.3 Å². The van der Waals surface area contributed by atoms with Crippen LogP contribution in [0.5, 0.6) is 0 Å². The van der Waals surface area contributed by atoms with Gasteiger partial charge in [0.15, 0.2) is 0 Å². The van der Waals surface area contributed by atoms with E-state index in [0.717, 1.165) is 0 Å². The molecule has 2 atom stereocenters. The van der Waals surface area contributed by atoms with Gasteiger partial charge in [0.2, 0.25) is 0 Å². The summed E-state index contributed by atoms with van der Waals surface area (Å²) in [5.41, 5.74) is -0.531. The van der Waals surface area contributed by atoms with Crippen molar-refractivity contribution in [3.8, 4) is 0 Å². The minimum atomic E-state index is -0.873. The average Bonchev–Trinajstić information content (AvgIpc) is 2.50. The number of ether oxygens (including phenoxy) is 1. The van der Waals surface area contributed by atoms with E-state index in [1.54, 1.807) is 6.08 Å². The molecular weight excluding hydrogens is 209 g/mol. The zero-order valence-corrected chi connectivity index (χ0v) is 8.87. The fourth-order valence-corrected chi connectivity index (χ4v) is 1.79. The van der Waals surface area contributed by atoms with Crippen LogP contribution in [0.3, 0.4) is 0 Å². The number of likely N-dealkylation sites (N-methyl/N-ethyl adjacent to an activating group) is 1. The maximum absolute atomic E-state index is 13.2. The van der Waals surface area contributed by atoms with Crippen molar-refractivity contribution >= 4 is 12.7 Å². The van der Waals surface area contributed by atoms with Crippen molar-refractivity contribution in [3.05, 3.63) is 12.7 Å². The Morgan fingerprint density at radius 2 is 2.44 bits per heavy atom. The van der Waals surface area contributed by atoms with Gasteiger partial charge in [0, 0.05) is 13.0 Å². The average molecular weight is 229 g/mol. The molecule has 1 saturated heterocycles. The highest BCUT2D eigenvalue weighted by Gasteiger charge is 2.42. The van der Waals surface area contributed by atoms with E-state index in [2.05, 4.69) is 18.3 Å². The molecular formula is C11H20FN3O. The molecule has 0 radical (unpaired) electrons. The number of amidine groups is 1. The maximum atomic E-state index is 13.2. The van der Waals surface area contributed by atoms with E-state index in [1.807, 2.05) is 11.9 Å². The summed E-state index contributed by atoms with van der Waals surface area (Å²) in [6.07, 6.45) is 1.14. The van der Waals surface area contributed by atoms with Crippen LogP contribution in [0.2, 0.25) is 0 Å². The quantitative estimate of drug-likeness (QED) is 0.456. The van der Waals surface area contributed by atoms with Gasteiger partial charge in [-0.25, -0.2) is 14.8 Å². The molecule has 1 rings (SSSR count). The minimum absolute atomic E-state index is 0. The number of alkyl halides is 1. The molecule has 1 heterocycles. The van der Waals surface area contributed by atoms with E-state index in [4.69, 9.17) is 10.1 Å². The van der Waals surface area contributed by atoms with Gasteiger partial charge in [-0.2, -0.15) is 0 Å². The molecule has 0 aliphatic carbocycles. The topological polar surface area (TPSA) is 48.7 Å². The summed E-state index contributed by atoms with van der Waals surface area (Å²) in [6.45, 7) is 7.42. The lowest BCUT2D eigenvalue weighted by Crippen LogP contribution is -2.43. The van der Waals surface area contributed by atoms with E-state index in [9.17, 15) is 4.39 Å². The number of halogens is 1. The molecule has 5 heteroatoms. The van der Waals surface area contributed by atoms with Crippen LogP contribution in [0.4, 0.5) is 4.39 Å². The van der Waals surface area contributed by atoms with E-state index < -0.39 is 11.7 Å². The number of rotatable bonds is 3. The van der Waals surface area contributed by atoms with E-state index in [-0.39, 0.29) is 20.1 Å². The molecule has 1 fully saturated rings. The van der Waals surface area contributed by atoms with Crippen LogP contribution in [0.1, 0.15) is 13.8 Å². The normalized spacial score (nSPS) is 29.2. The molecule has 0 aromatic carbocycles. The molecule has 0 saturated carbocycles. The largest absolute Gasteiger partial charge is 0.462 e. The first-order valence-corrected chi connectivity index (χ1v) is 4.71. The van der Waals surface area contributed by atoms with Gasteiger partial charge < -0.3 is 4.74 Å². The van der Waals surface area contributed by atoms with Crippen LogP contribution in [0.25, 0.3) is 0 Å².